The second kappa shape index (κ2) is 17.6. The molecule has 0 radical (unpaired) electrons. The molecule has 0 aliphatic rings. The Morgan fingerprint density at radius 3 is 2.13 bits per heavy atom. The molecule has 0 spiro atoms. The van der Waals surface area contributed by atoms with Crippen LogP contribution in [0, 0.1) is 5.92 Å². The summed E-state index contributed by atoms with van der Waals surface area (Å²) in [5.41, 5.74) is 12.2. The number of nitrogens with two attached hydrogens (primary N) is 2. The first-order valence-electron chi connectivity index (χ1n) is 12.9. The number of benzene rings is 1. The van der Waals surface area contributed by atoms with Gasteiger partial charge in [-0.3, -0.25) is 14.4 Å². The normalized spacial score (nSPS) is 15.0. The molecule has 0 saturated heterocycles. The summed E-state index contributed by atoms with van der Waals surface area (Å²) in [5, 5.41) is 27.1. The predicted molar refractivity (Wildman–Crippen MR) is 149 cm³/mol. The summed E-state index contributed by atoms with van der Waals surface area (Å²) in [6.07, 6.45) is 4.35. The maximum absolute atomic E-state index is 13.3. The second-order valence-electron chi connectivity index (χ2n) is 9.38. The van der Waals surface area contributed by atoms with Crippen molar-refractivity contribution in [3.05, 3.63) is 29.8 Å². The summed E-state index contributed by atoms with van der Waals surface area (Å²) in [7, 11) is 0. The van der Waals surface area contributed by atoms with Crippen LogP contribution < -0.4 is 27.4 Å². The number of carbonyl (C=O) groups excluding carboxylic acids is 3. The van der Waals surface area contributed by atoms with Gasteiger partial charge in [-0.15, -0.1) is 0 Å². The highest BCUT2D eigenvalue weighted by atomic mass is 32.2. The van der Waals surface area contributed by atoms with Crippen LogP contribution in [0.4, 0.5) is 0 Å². The van der Waals surface area contributed by atoms with Crippen molar-refractivity contribution in [2.75, 3.05) is 18.6 Å². The van der Waals surface area contributed by atoms with Crippen molar-refractivity contribution in [3.63, 3.8) is 0 Å². The summed E-state index contributed by atoms with van der Waals surface area (Å²) < 4.78 is 0. The molecule has 0 saturated carbocycles. The Morgan fingerprint density at radius 2 is 1.58 bits per heavy atom. The first kappa shape index (κ1) is 33.2. The van der Waals surface area contributed by atoms with E-state index in [1.807, 2.05) is 20.1 Å². The highest BCUT2D eigenvalue weighted by molar-refractivity contribution is 7.98. The fourth-order valence-corrected chi connectivity index (χ4v) is 4.19. The smallest absolute Gasteiger partial charge is 0.326 e. The van der Waals surface area contributed by atoms with Crippen LogP contribution in [0.25, 0.3) is 0 Å². The minimum Gasteiger partial charge on any atom is -0.508 e. The molecule has 5 atom stereocenters. The molecule has 11 nitrogen and oxygen atoms in total. The van der Waals surface area contributed by atoms with Gasteiger partial charge in [0, 0.05) is 6.42 Å². The van der Waals surface area contributed by atoms with E-state index in [0.717, 1.165) is 0 Å². The average molecular weight is 554 g/mol. The number of nitrogens with one attached hydrogen (secondary N) is 3. The maximum Gasteiger partial charge on any atom is 0.326 e. The van der Waals surface area contributed by atoms with Crippen molar-refractivity contribution in [1.29, 1.82) is 0 Å². The lowest BCUT2D eigenvalue weighted by Gasteiger charge is -2.28. The lowest BCUT2D eigenvalue weighted by molar-refractivity contribution is -0.142. The van der Waals surface area contributed by atoms with Crippen molar-refractivity contribution >= 4 is 35.5 Å². The van der Waals surface area contributed by atoms with E-state index < -0.39 is 47.9 Å². The van der Waals surface area contributed by atoms with Gasteiger partial charge in [0.05, 0.1) is 6.04 Å². The van der Waals surface area contributed by atoms with Gasteiger partial charge in [-0.05, 0) is 67.9 Å². The third kappa shape index (κ3) is 11.7. The molecule has 0 fully saturated rings. The van der Waals surface area contributed by atoms with Crippen LogP contribution in [-0.4, -0.2) is 76.6 Å². The fraction of sp³-hybridized carbons (Fsp3) is 0.615. The fourth-order valence-electron chi connectivity index (χ4n) is 3.70. The Bertz CT molecular complexity index is 901. The van der Waals surface area contributed by atoms with Crippen molar-refractivity contribution < 1.29 is 29.4 Å². The lowest BCUT2D eigenvalue weighted by Crippen LogP contribution is -2.58. The standard InChI is InChI=1S/C26H43N5O6S/c1-4-16(2)22(31-23(33)19(28)12-14-38-3)25(35)29-20(7-5-6-13-27)24(34)30-21(26(36)37)15-17-8-10-18(32)11-9-17/h8-11,16,19-22,32H,4-7,12-15,27-28H2,1-3H3,(H,29,35)(H,30,34)(H,31,33)(H,36,37). The number of aliphatic carboxylic acids is 1. The molecule has 0 heterocycles. The number of aromatic hydroxyl groups is 1. The number of hydrogen-bond acceptors (Lipinski definition) is 8. The lowest BCUT2D eigenvalue weighted by atomic mass is 9.96. The molecule has 3 amide bonds. The molecule has 38 heavy (non-hydrogen) atoms. The minimum atomic E-state index is -1.25. The van der Waals surface area contributed by atoms with Crippen molar-refractivity contribution in [3.8, 4) is 5.75 Å². The number of phenolic OH excluding ortho intramolecular Hbond substituents is 1. The van der Waals surface area contributed by atoms with Gasteiger partial charge >= 0.3 is 5.97 Å². The summed E-state index contributed by atoms with van der Waals surface area (Å²) in [4.78, 5) is 51.0. The van der Waals surface area contributed by atoms with E-state index in [1.54, 1.807) is 23.9 Å². The van der Waals surface area contributed by atoms with Crippen LogP contribution in [0.5, 0.6) is 5.75 Å². The molecule has 0 aliphatic heterocycles. The number of unbranched alkanes of at least 4 members (excludes halogenated alkanes) is 1. The Balaban J connectivity index is 3.02. The third-order valence-electron chi connectivity index (χ3n) is 6.33. The van der Waals surface area contributed by atoms with Crippen molar-refractivity contribution in [1.82, 2.24) is 16.0 Å². The zero-order valence-corrected chi connectivity index (χ0v) is 23.3. The van der Waals surface area contributed by atoms with Crippen molar-refractivity contribution in [2.24, 2.45) is 17.4 Å². The number of hydrogen-bond donors (Lipinski definition) is 7. The van der Waals surface area contributed by atoms with Gasteiger partial charge in [-0.25, -0.2) is 4.79 Å². The monoisotopic (exact) mass is 553 g/mol. The number of carbonyl (C=O) groups is 4. The Hall–Kier alpha value is -2.83. The van der Waals surface area contributed by atoms with Crippen LogP contribution in [0.2, 0.25) is 0 Å². The summed E-state index contributed by atoms with van der Waals surface area (Å²) in [6.45, 7) is 4.11. The Morgan fingerprint density at radius 1 is 0.947 bits per heavy atom. The Kier molecular flexibility index (Phi) is 15.4. The van der Waals surface area contributed by atoms with Gasteiger partial charge in [-0.2, -0.15) is 11.8 Å². The molecule has 1 aromatic rings. The van der Waals surface area contributed by atoms with E-state index in [0.29, 0.717) is 43.5 Å². The SMILES string of the molecule is CCC(C)C(NC(=O)C(N)CCSC)C(=O)NC(CCCCN)C(=O)NC(Cc1ccc(O)cc1)C(=O)O. The van der Waals surface area contributed by atoms with E-state index in [-0.39, 0.29) is 24.5 Å². The number of carboxylic acids is 1. The predicted octanol–water partition coefficient (Wildman–Crippen LogP) is 0.729. The zero-order valence-electron chi connectivity index (χ0n) is 22.4. The molecule has 5 unspecified atom stereocenters. The molecule has 12 heteroatoms. The molecular formula is C26H43N5O6S. The van der Waals surface area contributed by atoms with Gasteiger partial charge in [0.2, 0.25) is 17.7 Å². The van der Waals surface area contributed by atoms with Crippen LogP contribution in [0.1, 0.15) is 51.5 Å². The van der Waals surface area contributed by atoms with Crippen LogP contribution in [0.3, 0.4) is 0 Å². The van der Waals surface area contributed by atoms with E-state index in [1.165, 1.54) is 12.1 Å². The van der Waals surface area contributed by atoms with Crippen LogP contribution >= 0.6 is 11.8 Å². The van der Waals surface area contributed by atoms with Crippen LogP contribution in [-0.2, 0) is 25.6 Å². The number of phenols is 1. The molecule has 214 valence electrons. The number of carboxylic acid groups (broad SMARTS) is 1. The quantitative estimate of drug-likeness (QED) is 0.128. The van der Waals surface area contributed by atoms with Crippen molar-refractivity contribution in [2.45, 2.75) is 76.5 Å². The largest absolute Gasteiger partial charge is 0.508 e. The third-order valence-corrected chi connectivity index (χ3v) is 6.98. The van der Waals surface area contributed by atoms with Gasteiger partial charge in [0.25, 0.3) is 0 Å². The maximum atomic E-state index is 13.3. The molecule has 1 aromatic carbocycles. The molecule has 0 bridgehead atoms. The number of rotatable bonds is 18. The van der Waals surface area contributed by atoms with Gasteiger partial charge < -0.3 is 37.6 Å². The van der Waals surface area contributed by atoms with E-state index in [2.05, 4.69) is 16.0 Å². The highest BCUT2D eigenvalue weighted by Crippen LogP contribution is 2.13. The topological polar surface area (TPSA) is 197 Å². The summed E-state index contributed by atoms with van der Waals surface area (Å²) in [6, 6.07) is 2.06. The average Bonchev–Trinajstić information content (AvgIpc) is 2.89. The molecule has 0 aromatic heterocycles. The highest BCUT2D eigenvalue weighted by Gasteiger charge is 2.32. The van der Waals surface area contributed by atoms with Gasteiger partial charge in [-0.1, -0.05) is 32.4 Å². The van der Waals surface area contributed by atoms with Gasteiger partial charge in [0.1, 0.15) is 23.9 Å². The minimum absolute atomic E-state index is 0.00962. The zero-order chi connectivity index (χ0) is 28.7. The second-order valence-corrected chi connectivity index (χ2v) is 10.4. The Labute approximate surface area is 228 Å². The number of amides is 3. The molecule has 9 N–H and O–H groups in total. The molecule has 1 rings (SSSR count). The van der Waals surface area contributed by atoms with E-state index in [4.69, 9.17) is 11.5 Å². The first-order valence-corrected chi connectivity index (χ1v) is 14.3. The van der Waals surface area contributed by atoms with E-state index in [9.17, 15) is 29.4 Å². The van der Waals surface area contributed by atoms with E-state index >= 15 is 0 Å². The van der Waals surface area contributed by atoms with Crippen LogP contribution in [0.15, 0.2) is 24.3 Å². The number of thioether (sulfide) groups is 1. The summed E-state index contributed by atoms with van der Waals surface area (Å²) >= 11 is 1.57. The molecular weight excluding hydrogens is 510 g/mol. The van der Waals surface area contributed by atoms with Gasteiger partial charge in [0.15, 0.2) is 0 Å². The molecule has 0 aliphatic carbocycles. The first-order chi connectivity index (χ1) is 18.0. The summed E-state index contributed by atoms with van der Waals surface area (Å²) in [5.74, 6) is -2.35.